The van der Waals surface area contributed by atoms with Crippen LogP contribution in [0.15, 0.2) is 35.3 Å². The van der Waals surface area contributed by atoms with Gasteiger partial charge in [-0.15, -0.1) is 0 Å². The van der Waals surface area contributed by atoms with Gasteiger partial charge in [0.15, 0.2) is 0 Å². The number of hydrogen-bond acceptors (Lipinski definition) is 3. The van der Waals surface area contributed by atoms with Crippen molar-refractivity contribution in [1.29, 1.82) is 0 Å². The topological polar surface area (TPSA) is 82.8 Å². The molecular weight excluding hydrogens is 401 g/mol. The third-order valence-electron chi connectivity index (χ3n) is 5.79. The number of carbonyl (C=O) groups is 1. The molecule has 1 aliphatic carbocycles. The second-order valence-corrected chi connectivity index (χ2v) is 7.93. The number of halogens is 3. The lowest BCUT2D eigenvalue weighted by Crippen LogP contribution is -2.42. The Morgan fingerprint density at radius 1 is 1.10 bits per heavy atom. The number of benzene rings is 1. The molecule has 9 heteroatoms. The van der Waals surface area contributed by atoms with Crippen LogP contribution in [0.1, 0.15) is 48.8 Å². The van der Waals surface area contributed by atoms with Gasteiger partial charge in [-0.25, -0.2) is 4.79 Å². The molecule has 2 aromatic rings. The molecular formula is C21H21F3N2O4. The van der Waals surface area contributed by atoms with Crippen LogP contribution in [0.5, 0.6) is 5.75 Å². The van der Waals surface area contributed by atoms with Crippen molar-refractivity contribution < 1.29 is 28.2 Å². The Labute approximate surface area is 170 Å². The fourth-order valence-electron chi connectivity index (χ4n) is 4.02. The maximum atomic E-state index is 13.2. The highest BCUT2D eigenvalue weighted by atomic mass is 19.4. The monoisotopic (exact) mass is 422 g/mol. The van der Waals surface area contributed by atoms with Crippen LogP contribution in [-0.2, 0) is 6.18 Å². The third-order valence-corrected chi connectivity index (χ3v) is 5.79. The van der Waals surface area contributed by atoms with E-state index in [9.17, 15) is 33.0 Å². The average Bonchev–Trinajstić information content (AvgIpc) is 3.53. The molecule has 1 saturated carbocycles. The highest BCUT2D eigenvalue weighted by Gasteiger charge is 2.33. The number of nitrogens with zero attached hydrogens (tertiary/aromatic N) is 2. The summed E-state index contributed by atoms with van der Waals surface area (Å²) in [6, 6.07) is 3.85. The fourth-order valence-corrected chi connectivity index (χ4v) is 4.02. The Hall–Kier alpha value is -2.97. The SMILES string of the molecule is O=C(O)N1CCCC(n2cc(C3CC3)cc(-c3ccc(C(F)(F)F)cc3O)c2=O)C1. The fraction of sp³-hybridized carbons (Fsp3) is 0.429. The van der Waals surface area contributed by atoms with Gasteiger partial charge in [-0.2, -0.15) is 13.2 Å². The zero-order valence-corrected chi connectivity index (χ0v) is 16.0. The number of phenols is 1. The van der Waals surface area contributed by atoms with Gasteiger partial charge < -0.3 is 19.7 Å². The maximum Gasteiger partial charge on any atom is 0.416 e. The van der Waals surface area contributed by atoms with E-state index >= 15 is 0 Å². The third kappa shape index (κ3) is 3.88. The van der Waals surface area contributed by atoms with Crippen molar-refractivity contribution in [2.24, 2.45) is 0 Å². The lowest BCUT2D eigenvalue weighted by atomic mass is 9.99. The second kappa shape index (κ2) is 7.37. The maximum absolute atomic E-state index is 13.2. The number of amides is 1. The van der Waals surface area contributed by atoms with E-state index in [1.54, 1.807) is 12.3 Å². The number of alkyl halides is 3. The quantitative estimate of drug-likeness (QED) is 0.767. The van der Waals surface area contributed by atoms with Crippen molar-refractivity contribution in [2.45, 2.75) is 43.8 Å². The normalized spacial score (nSPS) is 19.7. The van der Waals surface area contributed by atoms with E-state index in [1.807, 2.05) is 0 Å². The number of carboxylic acid groups (broad SMARTS) is 1. The van der Waals surface area contributed by atoms with Gasteiger partial charge in [0.05, 0.1) is 17.2 Å². The molecule has 1 unspecified atom stereocenters. The summed E-state index contributed by atoms with van der Waals surface area (Å²) in [5.41, 5.74) is -0.414. The standard InChI is InChI=1S/C21H21F3N2O4/c22-21(23,24)14-5-6-16(18(27)9-14)17-8-13(12-3-4-12)10-26(19(17)28)15-2-1-7-25(11-15)20(29)30/h5-6,8-10,12,15,27H,1-4,7,11H2,(H,29,30). The van der Waals surface area contributed by atoms with Gasteiger partial charge >= 0.3 is 12.3 Å². The minimum Gasteiger partial charge on any atom is -0.507 e. The van der Waals surface area contributed by atoms with E-state index in [4.69, 9.17) is 0 Å². The summed E-state index contributed by atoms with van der Waals surface area (Å²) in [5.74, 6) is -0.358. The van der Waals surface area contributed by atoms with Gasteiger partial charge in [0.25, 0.3) is 5.56 Å². The predicted molar refractivity (Wildman–Crippen MR) is 103 cm³/mol. The first kappa shape index (κ1) is 20.3. The van der Waals surface area contributed by atoms with Crippen LogP contribution in [0, 0.1) is 0 Å². The summed E-state index contributed by atoms with van der Waals surface area (Å²) >= 11 is 0. The van der Waals surface area contributed by atoms with E-state index in [0.29, 0.717) is 25.5 Å². The Balaban J connectivity index is 1.80. The van der Waals surface area contributed by atoms with Crippen molar-refractivity contribution in [1.82, 2.24) is 9.47 Å². The van der Waals surface area contributed by atoms with Gasteiger partial charge in [0.1, 0.15) is 5.75 Å². The largest absolute Gasteiger partial charge is 0.507 e. The Bertz CT molecular complexity index is 1040. The van der Waals surface area contributed by atoms with Crippen LogP contribution in [0.2, 0.25) is 0 Å². The molecule has 1 saturated heterocycles. The van der Waals surface area contributed by atoms with Crippen LogP contribution in [0.3, 0.4) is 0 Å². The van der Waals surface area contributed by atoms with Gasteiger partial charge in [-0.05, 0) is 61.4 Å². The van der Waals surface area contributed by atoms with Crippen molar-refractivity contribution in [3.63, 3.8) is 0 Å². The highest BCUT2D eigenvalue weighted by Crippen LogP contribution is 2.42. The zero-order valence-electron chi connectivity index (χ0n) is 16.0. The first-order valence-corrected chi connectivity index (χ1v) is 9.79. The van der Waals surface area contributed by atoms with Crippen LogP contribution < -0.4 is 5.56 Å². The van der Waals surface area contributed by atoms with Crippen molar-refractivity contribution in [2.75, 3.05) is 13.1 Å². The molecule has 1 aromatic heterocycles. The smallest absolute Gasteiger partial charge is 0.416 e. The van der Waals surface area contributed by atoms with Crippen molar-refractivity contribution in [3.8, 4) is 16.9 Å². The number of piperidine rings is 1. The van der Waals surface area contributed by atoms with Gasteiger partial charge in [-0.1, -0.05) is 0 Å². The summed E-state index contributed by atoms with van der Waals surface area (Å²) in [4.78, 5) is 25.9. The first-order valence-electron chi connectivity index (χ1n) is 9.79. The molecule has 2 aliphatic rings. The molecule has 1 amide bonds. The molecule has 4 rings (SSSR count). The number of likely N-dealkylation sites (tertiary alicyclic amines) is 1. The summed E-state index contributed by atoms with van der Waals surface area (Å²) in [7, 11) is 0. The van der Waals surface area contributed by atoms with E-state index in [0.717, 1.165) is 30.5 Å². The van der Waals surface area contributed by atoms with Crippen LogP contribution >= 0.6 is 0 Å². The number of phenolic OH excluding ortho intramolecular Hbond substituents is 1. The predicted octanol–water partition coefficient (Wildman–Crippen LogP) is 4.43. The molecule has 2 heterocycles. The van der Waals surface area contributed by atoms with Gasteiger partial charge in [-0.3, -0.25) is 4.79 Å². The number of rotatable bonds is 3. The van der Waals surface area contributed by atoms with Gasteiger partial charge in [0, 0.05) is 24.8 Å². The molecule has 0 spiro atoms. The highest BCUT2D eigenvalue weighted by molar-refractivity contribution is 5.71. The molecule has 1 aromatic carbocycles. The van der Waals surface area contributed by atoms with Crippen molar-refractivity contribution in [3.05, 3.63) is 51.9 Å². The molecule has 1 aliphatic heterocycles. The van der Waals surface area contributed by atoms with Gasteiger partial charge in [0.2, 0.25) is 0 Å². The van der Waals surface area contributed by atoms with E-state index in [-0.39, 0.29) is 29.6 Å². The summed E-state index contributed by atoms with van der Waals surface area (Å²) in [6.45, 7) is 0.567. The molecule has 0 bridgehead atoms. The van der Waals surface area contributed by atoms with E-state index < -0.39 is 29.1 Å². The van der Waals surface area contributed by atoms with Crippen LogP contribution in [0.25, 0.3) is 11.1 Å². The minimum atomic E-state index is -4.60. The summed E-state index contributed by atoms with van der Waals surface area (Å²) in [5, 5.41) is 19.6. The Morgan fingerprint density at radius 3 is 2.43 bits per heavy atom. The Kier molecular flexibility index (Phi) is 4.99. The zero-order chi connectivity index (χ0) is 21.6. The van der Waals surface area contributed by atoms with Crippen LogP contribution in [-0.4, -0.2) is 38.9 Å². The van der Waals surface area contributed by atoms with Crippen LogP contribution in [0.4, 0.5) is 18.0 Å². The molecule has 6 nitrogen and oxygen atoms in total. The molecule has 160 valence electrons. The Morgan fingerprint density at radius 2 is 1.83 bits per heavy atom. The number of pyridine rings is 1. The van der Waals surface area contributed by atoms with Crippen molar-refractivity contribution >= 4 is 6.09 Å². The molecule has 0 radical (unpaired) electrons. The molecule has 2 N–H and O–H groups in total. The summed E-state index contributed by atoms with van der Waals surface area (Å²) in [6.07, 6.45) is -0.791. The minimum absolute atomic E-state index is 0.0372. The van der Waals surface area contributed by atoms with E-state index in [2.05, 4.69) is 0 Å². The number of aromatic hydroxyl groups is 1. The lowest BCUT2D eigenvalue weighted by molar-refractivity contribution is -0.137. The lowest BCUT2D eigenvalue weighted by Gasteiger charge is -2.32. The molecule has 2 fully saturated rings. The second-order valence-electron chi connectivity index (χ2n) is 7.93. The average molecular weight is 422 g/mol. The number of hydrogen-bond donors (Lipinski definition) is 2. The first-order chi connectivity index (χ1) is 14.1. The molecule has 1 atom stereocenters. The number of aromatic nitrogens is 1. The molecule has 30 heavy (non-hydrogen) atoms. The summed E-state index contributed by atoms with van der Waals surface area (Å²) < 4.78 is 40.3. The van der Waals surface area contributed by atoms with E-state index in [1.165, 1.54) is 9.47 Å².